The van der Waals surface area contributed by atoms with Crippen LogP contribution < -0.4 is 21.3 Å². The molecule has 6 N–H and O–H groups in total. The first-order valence-corrected chi connectivity index (χ1v) is 15.2. The van der Waals surface area contributed by atoms with E-state index < -0.39 is 73.1 Å². The highest BCUT2D eigenvalue weighted by Gasteiger charge is 2.30. The van der Waals surface area contributed by atoms with E-state index in [-0.39, 0.29) is 61.3 Å². The van der Waals surface area contributed by atoms with Crippen molar-refractivity contribution in [1.82, 2.24) is 21.3 Å². The van der Waals surface area contributed by atoms with Crippen molar-refractivity contribution in [3.8, 4) is 0 Å². The van der Waals surface area contributed by atoms with Crippen molar-refractivity contribution < 1.29 is 52.5 Å². The molecule has 46 heavy (non-hydrogen) atoms. The smallest absolute Gasteiger partial charge is 0.407 e. The predicted molar refractivity (Wildman–Crippen MR) is 164 cm³/mol. The zero-order valence-electron chi connectivity index (χ0n) is 26.2. The third-order valence-electron chi connectivity index (χ3n) is 6.41. The summed E-state index contributed by atoms with van der Waals surface area (Å²) in [7, 11) is 0. The fourth-order valence-electron chi connectivity index (χ4n) is 4.16. The molecule has 1 aromatic carbocycles. The number of carbonyl (C=O) groups excluding carboxylic acids is 4. The van der Waals surface area contributed by atoms with E-state index >= 15 is 0 Å². The van der Waals surface area contributed by atoms with Gasteiger partial charge in [-0.1, -0.05) is 45.4 Å². The van der Waals surface area contributed by atoms with Gasteiger partial charge in [0, 0.05) is 36.9 Å². The average Bonchev–Trinajstić information content (AvgIpc) is 2.94. The van der Waals surface area contributed by atoms with Crippen LogP contribution in [0.2, 0.25) is 5.02 Å². The second-order valence-corrected chi connectivity index (χ2v) is 12.0. The molecule has 0 aliphatic rings. The molecule has 0 radical (unpaired) electrons. The molecule has 258 valence electrons. The van der Waals surface area contributed by atoms with Crippen LogP contribution in [0.25, 0.3) is 0 Å². The Morgan fingerprint density at radius 3 is 2.09 bits per heavy atom. The monoisotopic (exact) mass is 676 g/mol. The molecule has 0 aromatic heterocycles. The maximum Gasteiger partial charge on any atom is 0.407 e. The van der Waals surface area contributed by atoms with Crippen LogP contribution in [0.3, 0.4) is 0 Å². The molecule has 13 nitrogen and oxygen atoms in total. The molecule has 0 saturated carbocycles. The molecule has 0 spiro atoms. The first-order chi connectivity index (χ1) is 21.5. The first-order valence-electron chi connectivity index (χ1n) is 14.8. The summed E-state index contributed by atoms with van der Waals surface area (Å²) in [6, 6.07) is 0.213. The summed E-state index contributed by atoms with van der Waals surface area (Å²) in [4.78, 5) is 73.2. The van der Waals surface area contributed by atoms with E-state index in [2.05, 4.69) is 21.3 Å². The minimum Gasteiger partial charge on any atom is -0.481 e. The maximum atomic E-state index is 13.4. The lowest BCUT2D eigenvalue weighted by Gasteiger charge is -2.25. The minimum absolute atomic E-state index is 0.0308. The molecule has 0 heterocycles. The third kappa shape index (κ3) is 16.3. The SMILES string of the molecule is CC(C)COC(=O)N[C@@H](CCC(=O)O)CC(=O)N[C@H](CC(C)C)C(=O)N[C@H](CC(F)F)C(=O)NCCc1ccc(C(=O)O)cc1Cl. The molecule has 3 atom stereocenters. The van der Waals surface area contributed by atoms with Crippen molar-refractivity contribution >= 4 is 47.4 Å². The standard InChI is InChI=1S/C30H43ClF2N4O9/c1-16(2)11-22(36-25(38)13-20(7-8-26(39)40)35-30(45)46-15-17(3)4)28(42)37-23(14-24(32)33)27(41)34-10-9-18-5-6-19(29(43)44)12-21(18)31/h5-6,12,16-17,20,22-24H,7-11,13-15H2,1-4H3,(H,34,41)(H,35,45)(H,36,38)(H,37,42)(H,39,40)(H,43,44)/t20-,22+,23+/m0/s1. The van der Waals surface area contributed by atoms with Gasteiger partial charge in [-0.15, -0.1) is 0 Å². The Hall–Kier alpha value is -4.01. The Labute approximate surface area is 271 Å². The molecular formula is C30H43ClF2N4O9. The first kappa shape index (κ1) is 40.0. The topological polar surface area (TPSA) is 200 Å². The van der Waals surface area contributed by atoms with Crippen LogP contribution in [-0.4, -0.2) is 83.7 Å². The van der Waals surface area contributed by atoms with Crippen molar-refractivity contribution in [3.63, 3.8) is 0 Å². The van der Waals surface area contributed by atoms with E-state index in [1.54, 1.807) is 13.8 Å². The van der Waals surface area contributed by atoms with Crippen LogP contribution in [0, 0.1) is 11.8 Å². The van der Waals surface area contributed by atoms with Gasteiger partial charge in [-0.25, -0.2) is 18.4 Å². The number of benzene rings is 1. The lowest BCUT2D eigenvalue weighted by molar-refractivity contribution is -0.137. The van der Waals surface area contributed by atoms with Crippen molar-refractivity contribution in [2.45, 2.75) is 90.8 Å². The Bertz CT molecular complexity index is 1220. The number of carboxylic acid groups (broad SMARTS) is 2. The van der Waals surface area contributed by atoms with E-state index in [9.17, 15) is 37.5 Å². The largest absolute Gasteiger partial charge is 0.481 e. The van der Waals surface area contributed by atoms with Gasteiger partial charge < -0.3 is 36.2 Å². The minimum atomic E-state index is -2.95. The number of halogens is 3. The van der Waals surface area contributed by atoms with Crippen LogP contribution in [0.15, 0.2) is 18.2 Å². The number of carboxylic acids is 2. The number of aliphatic carboxylic acids is 1. The molecule has 4 amide bonds. The fraction of sp³-hybridized carbons (Fsp3) is 0.600. The fourth-order valence-corrected chi connectivity index (χ4v) is 4.44. The molecule has 0 unspecified atom stereocenters. The summed E-state index contributed by atoms with van der Waals surface area (Å²) in [6.45, 7) is 7.19. The predicted octanol–water partition coefficient (Wildman–Crippen LogP) is 3.37. The van der Waals surface area contributed by atoms with E-state index in [1.807, 2.05) is 13.8 Å². The summed E-state index contributed by atoms with van der Waals surface area (Å²) >= 11 is 6.10. The zero-order chi connectivity index (χ0) is 35.0. The normalized spacial score (nSPS) is 13.1. The number of alkyl halides is 2. The molecule has 0 aliphatic heterocycles. The van der Waals surface area contributed by atoms with Crippen LogP contribution in [0.5, 0.6) is 0 Å². The second-order valence-electron chi connectivity index (χ2n) is 11.6. The third-order valence-corrected chi connectivity index (χ3v) is 6.76. The van der Waals surface area contributed by atoms with Crippen LogP contribution in [0.4, 0.5) is 13.6 Å². The number of rotatable bonds is 20. The number of nitrogens with one attached hydrogen (secondary N) is 4. The van der Waals surface area contributed by atoms with Gasteiger partial charge in [0.25, 0.3) is 0 Å². The quantitative estimate of drug-likeness (QED) is 0.120. The molecule has 0 fully saturated rings. The summed E-state index contributed by atoms with van der Waals surface area (Å²) < 4.78 is 31.8. The molecule has 1 rings (SSSR count). The van der Waals surface area contributed by atoms with Crippen molar-refractivity contribution in [2.24, 2.45) is 11.8 Å². The summed E-state index contributed by atoms with van der Waals surface area (Å²) in [6.07, 6.45) is -5.44. The van der Waals surface area contributed by atoms with Crippen LogP contribution in [0.1, 0.15) is 75.7 Å². The number of ether oxygens (including phenoxy) is 1. The van der Waals surface area contributed by atoms with Gasteiger partial charge in [-0.2, -0.15) is 0 Å². The van der Waals surface area contributed by atoms with E-state index in [0.29, 0.717) is 5.56 Å². The lowest BCUT2D eigenvalue weighted by Crippen LogP contribution is -2.55. The Balaban J connectivity index is 2.93. The number of aromatic carboxylic acids is 1. The number of hydrogen-bond acceptors (Lipinski definition) is 7. The highest BCUT2D eigenvalue weighted by Crippen LogP contribution is 2.18. The van der Waals surface area contributed by atoms with E-state index in [0.717, 1.165) is 0 Å². The molecular weight excluding hydrogens is 634 g/mol. The molecule has 0 saturated heterocycles. The Morgan fingerprint density at radius 1 is 0.891 bits per heavy atom. The van der Waals surface area contributed by atoms with Crippen molar-refractivity contribution in [3.05, 3.63) is 34.3 Å². The van der Waals surface area contributed by atoms with Crippen molar-refractivity contribution in [2.75, 3.05) is 13.2 Å². The molecule has 0 bridgehead atoms. The number of alkyl carbamates (subject to hydrolysis) is 1. The van der Waals surface area contributed by atoms with Crippen LogP contribution >= 0.6 is 11.6 Å². The Kier molecular flexibility index (Phi) is 17.6. The molecule has 1 aromatic rings. The molecule has 0 aliphatic carbocycles. The second kappa shape index (κ2) is 20.2. The number of hydrogen-bond donors (Lipinski definition) is 6. The number of carbonyl (C=O) groups is 6. The summed E-state index contributed by atoms with van der Waals surface area (Å²) in [5.41, 5.74) is 0.474. The number of amides is 4. The highest BCUT2D eigenvalue weighted by atomic mass is 35.5. The summed E-state index contributed by atoms with van der Waals surface area (Å²) in [5.74, 6) is -4.95. The van der Waals surface area contributed by atoms with Gasteiger partial charge in [0.2, 0.25) is 24.1 Å². The average molecular weight is 677 g/mol. The van der Waals surface area contributed by atoms with Gasteiger partial charge in [0.1, 0.15) is 12.1 Å². The zero-order valence-corrected chi connectivity index (χ0v) is 27.0. The van der Waals surface area contributed by atoms with Gasteiger partial charge >= 0.3 is 18.0 Å². The Morgan fingerprint density at radius 2 is 1.54 bits per heavy atom. The van der Waals surface area contributed by atoms with Gasteiger partial charge in [0.15, 0.2) is 0 Å². The maximum absolute atomic E-state index is 13.4. The van der Waals surface area contributed by atoms with E-state index in [4.69, 9.17) is 26.6 Å². The summed E-state index contributed by atoms with van der Waals surface area (Å²) in [5, 5.41) is 28.0. The highest BCUT2D eigenvalue weighted by molar-refractivity contribution is 6.31. The van der Waals surface area contributed by atoms with Crippen LogP contribution in [-0.2, 0) is 30.3 Å². The molecule has 16 heteroatoms. The van der Waals surface area contributed by atoms with Crippen molar-refractivity contribution in [1.29, 1.82) is 0 Å². The van der Waals surface area contributed by atoms with Gasteiger partial charge in [-0.3, -0.25) is 19.2 Å². The van der Waals surface area contributed by atoms with Gasteiger partial charge in [-0.05, 0) is 48.8 Å². The van der Waals surface area contributed by atoms with Gasteiger partial charge in [0.05, 0.1) is 12.2 Å². The van der Waals surface area contributed by atoms with E-state index in [1.165, 1.54) is 18.2 Å². The lowest BCUT2D eigenvalue weighted by atomic mass is 10.0.